The molecule has 2 aromatic carbocycles. The molecule has 0 saturated heterocycles. The highest BCUT2D eigenvalue weighted by Crippen LogP contribution is 2.27. The van der Waals surface area contributed by atoms with Crippen LogP contribution in [0.1, 0.15) is 12.8 Å². The average Bonchev–Trinajstić information content (AvgIpc) is 2.55. The monoisotopic (exact) mass is 368 g/mol. The van der Waals surface area contributed by atoms with Gasteiger partial charge in [0.25, 0.3) is 0 Å². The fraction of sp³-hybridized carbons (Fsp3) is 0.176. The van der Waals surface area contributed by atoms with Gasteiger partial charge < -0.3 is 24.7 Å². The van der Waals surface area contributed by atoms with Gasteiger partial charge in [0.15, 0.2) is 0 Å². The lowest BCUT2D eigenvalue weighted by atomic mass is 10.2. The van der Waals surface area contributed by atoms with Crippen LogP contribution in [-0.4, -0.2) is 18.2 Å². The SMILES string of the molecule is O=C([O-])CCC(=O)Nc1ccc(Oc2ccc(OC(F)(F)F)cc2)cc1. The van der Waals surface area contributed by atoms with Crippen LogP contribution in [0.5, 0.6) is 17.2 Å². The van der Waals surface area contributed by atoms with Crippen molar-refractivity contribution in [3.05, 3.63) is 48.5 Å². The molecule has 138 valence electrons. The number of halogens is 3. The summed E-state index contributed by atoms with van der Waals surface area (Å²) in [7, 11) is 0. The molecule has 1 N–H and O–H groups in total. The zero-order chi connectivity index (χ0) is 19.2. The third-order valence-electron chi connectivity index (χ3n) is 2.99. The fourth-order valence-corrected chi connectivity index (χ4v) is 1.89. The van der Waals surface area contributed by atoms with E-state index in [1.54, 1.807) is 0 Å². The topological polar surface area (TPSA) is 87.7 Å². The Labute approximate surface area is 146 Å². The van der Waals surface area contributed by atoms with Gasteiger partial charge >= 0.3 is 6.36 Å². The molecule has 0 aliphatic carbocycles. The molecule has 0 unspecified atom stereocenters. The van der Waals surface area contributed by atoms with Gasteiger partial charge in [-0.15, -0.1) is 13.2 Å². The minimum Gasteiger partial charge on any atom is -0.550 e. The van der Waals surface area contributed by atoms with Crippen molar-refractivity contribution in [1.82, 2.24) is 0 Å². The van der Waals surface area contributed by atoms with E-state index < -0.39 is 18.2 Å². The second kappa shape index (κ2) is 8.24. The lowest BCUT2D eigenvalue weighted by molar-refractivity contribution is -0.305. The Kier molecular flexibility index (Phi) is 6.05. The number of hydrogen-bond donors (Lipinski definition) is 1. The third kappa shape index (κ3) is 6.71. The van der Waals surface area contributed by atoms with Crippen LogP contribution in [0.2, 0.25) is 0 Å². The number of alkyl halides is 3. The summed E-state index contributed by atoms with van der Waals surface area (Å²) in [6.45, 7) is 0. The van der Waals surface area contributed by atoms with Gasteiger partial charge in [-0.25, -0.2) is 0 Å². The van der Waals surface area contributed by atoms with Crippen molar-refractivity contribution in [2.45, 2.75) is 19.2 Å². The largest absolute Gasteiger partial charge is 0.573 e. The highest BCUT2D eigenvalue weighted by molar-refractivity contribution is 5.92. The number of ether oxygens (including phenoxy) is 2. The zero-order valence-corrected chi connectivity index (χ0v) is 13.2. The summed E-state index contributed by atoms with van der Waals surface area (Å²) >= 11 is 0. The summed E-state index contributed by atoms with van der Waals surface area (Å²) in [5.74, 6) is -1.45. The number of carbonyl (C=O) groups is 2. The molecule has 0 bridgehead atoms. The molecule has 0 spiro atoms. The Morgan fingerprint density at radius 1 is 0.885 bits per heavy atom. The van der Waals surface area contributed by atoms with Gasteiger partial charge in [0.2, 0.25) is 5.91 Å². The molecular formula is C17H13F3NO5-. The van der Waals surface area contributed by atoms with Gasteiger partial charge in [-0.1, -0.05) is 0 Å². The van der Waals surface area contributed by atoms with Crippen LogP contribution < -0.4 is 19.9 Å². The predicted octanol–water partition coefficient (Wildman–Crippen LogP) is 2.85. The molecule has 0 atom stereocenters. The lowest BCUT2D eigenvalue weighted by Gasteiger charge is -2.10. The van der Waals surface area contributed by atoms with Crippen molar-refractivity contribution < 1.29 is 37.3 Å². The average molecular weight is 368 g/mol. The number of carboxylic acids is 1. The van der Waals surface area contributed by atoms with Crippen LogP contribution in [-0.2, 0) is 9.59 Å². The number of hydrogen-bond acceptors (Lipinski definition) is 5. The van der Waals surface area contributed by atoms with E-state index in [2.05, 4.69) is 10.1 Å². The minimum absolute atomic E-state index is 0.201. The van der Waals surface area contributed by atoms with Crippen molar-refractivity contribution in [1.29, 1.82) is 0 Å². The van der Waals surface area contributed by atoms with E-state index in [1.165, 1.54) is 36.4 Å². The molecule has 0 heterocycles. The van der Waals surface area contributed by atoms with Crippen molar-refractivity contribution >= 4 is 17.6 Å². The molecule has 0 aromatic heterocycles. The van der Waals surface area contributed by atoms with Crippen molar-refractivity contribution in [3.8, 4) is 17.2 Å². The van der Waals surface area contributed by atoms with Crippen LogP contribution >= 0.6 is 0 Å². The Morgan fingerprint density at radius 2 is 1.38 bits per heavy atom. The summed E-state index contributed by atoms with van der Waals surface area (Å²) in [6, 6.07) is 11.0. The summed E-state index contributed by atoms with van der Waals surface area (Å²) in [6.07, 6.45) is -5.34. The number of aliphatic carboxylic acids is 1. The van der Waals surface area contributed by atoms with E-state index in [9.17, 15) is 27.9 Å². The number of amides is 1. The van der Waals surface area contributed by atoms with Gasteiger partial charge in [0, 0.05) is 18.1 Å². The van der Waals surface area contributed by atoms with E-state index in [0.717, 1.165) is 12.1 Å². The van der Waals surface area contributed by atoms with E-state index in [4.69, 9.17) is 4.74 Å². The van der Waals surface area contributed by atoms with Crippen molar-refractivity contribution in [2.75, 3.05) is 5.32 Å². The maximum Gasteiger partial charge on any atom is 0.573 e. The van der Waals surface area contributed by atoms with Crippen LogP contribution in [0.4, 0.5) is 18.9 Å². The first-order valence-electron chi connectivity index (χ1n) is 7.35. The molecule has 2 rings (SSSR count). The molecule has 0 radical (unpaired) electrons. The first kappa shape index (κ1) is 19.1. The second-order valence-electron chi connectivity index (χ2n) is 5.07. The number of anilines is 1. The highest BCUT2D eigenvalue weighted by Gasteiger charge is 2.30. The summed E-state index contributed by atoms with van der Waals surface area (Å²) in [5, 5.41) is 12.8. The van der Waals surface area contributed by atoms with Crippen LogP contribution in [0.25, 0.3) is 0 Å². The molecule has 1 amide bonds. The minimum atomic E-state index is -4.76. The van der Waals surface area contributed by atoms with Crippen LogP contribution in [0, 0.1) is 0 Å². The van der Waals surface area contributed by atoms with Gasteiger partial charge in [-0.05, 0) is 55.0 Å². The van der Waals surface area contributed by atoms with Gasteiger partial charge in [0.05, 0.1) is 0 Å². The Balaban J connectivity index is 1.90. The summed E-state index contributed by atoms with van der Waals surface area (Å²) < 4.78 is 45.5. The van der Waals surface area contributed by atoms with E-state index in [1.807, 2.05) is 0 Å². The molecule has 0 aliphatic heterocycles. The molecule has 2 aromatic rings. The summed E-state index contributed by atoms with van der Waals surface area (Å²) in [4.78, 5) is 21.8. The second-order valence-corrected chi connectivity index (χ2v) is 5.07. The van der Waals surface area contributed by atoms with E-state index >= 15 is 0 Å². The summed E-state index contributed by atoms with van der Waals surface area (Å²) in [5.41, 5.74) is 0.439. The zero-order valence-electron chi connectivity index (χ0n) is 13.2. The van der Waals surface area contributed by atoms with Gasteiger partial charge in [-0.2, -0.15) is 0 Å². The Morgan fingerprint density at radius 3 is 1.88 bits per heavy atom. The maximum absolute atomic E-state index is 12.1. The van der Waals surface area contributed by atoms with Crippen LogP contribution in [0.3, 0.4) is 0 Å². The fourth-order valence-electron chi connectivity index (χ4n) is 1.89. The molecule has 0 fully saturated rings. The maximum atomic E-state index is 12.1. The molecule has 6 nitrogen and oxygen atoms in total. The lowest BCUT2D eigenvalue weighted by Crippen LogP contribution is -2.24. The number of carbonyl (C=O) groups excluding carboxylic acids is 2. The smallest absolute Gasteiger partial charge is 0.550 e. The standard InChI is InChI=1S/C17H14F3NO5/c18-17(19,20)26-14-7-5-13(6-8-14)25-12-3-1-11(2-4-12)21-15(22)9-10-16(23)24/h1-8H,9-10H2,(H,21,22)(H,23,24)/p-1. The first-order chi connectivity index (χ1) is 12.2. The Hall–Kier alpha value is -3.23. The third-order valence-corrected chi connectivity index (χ3v) is 2.99. The molecule has 26 heavy (non-hydrogen) atoms. The quantitative estimate of drug-likeness (QED) is 0.812. The van der Waals surface area contributed by atoms with Crippen molar-refractivity contribution in [3.63, 3.8) is 0 Å². The number of rotatable bonds is 7. The molecular weight excluding hydrogens is 355 g/mol. The number of benzene rings is 2. The van der Waals surface area contributed by atoms with Crippen molar-refractivity contribution in [2.24, 2.45) is 0 Å². The number of nitrogens with one attached hydrogen (secondary N) is 1. The van der Waals surface area contributed by atoms with Gasteiger partial charge in [0.1, 0.15) is 17.2 Å². The predicted molar refractivity (Wildman–Crippen MR) is 82.5 cm³/mol. The van der Waals surface area contributed by atoms with Crippen LogP contribution in [0.15, 0.2) is 48.5 Å². The van der Waals surface area contributed by atoms with Gasteiger partial charge in [-0.3, -0.25) is 4.79 Å². The van der Waals surface area contributed by atoms with E-state index in [-0.39, 0.29) is 18.6 Å². The number of carboxylic acid groups (broad SMARTS) is 1. The van der Waals surface area contributed by atoms with E-state index in [0.29, 0.717) is 17.2 Å². The molecule has 9 heteroatoms. The Bertz CT molecular complexity index is 757. The molecule has 0 saturated carbocycles. The highest BCUT2D eigenvalue weighted by atomic mass is 19.4. The molecule has 0 aliphatic rings. The first-order valence-corrected chi connectivity index (χ1v) is 7.35. The normalized spacial score (nSPS) is 10.9.